The van der Waals surface area contributed by atoms with Gasteiger partial charge >= 0.3 is 5.97 Å². The maximum absolute atomic E-state index is 10.5. The summed E-state index contributed by atoms with van der Waals surface area (Å²) in [5.41, 5.74) is 0. The summed E-state index contributed by atoms with van der Waals surface area (Å²) in [6.45, 7) is 8.63. The van der Waals surface area contributed by atoms with Crippen molar-refractivity contribution in [3.05, 3.63) is 0 Å². The lowest BCUT2D eigenvalue weighted by Crippen LogP contribution is -2.14. The molecule has 0 amide bonds. The summed E-state index contributed by atoms with van der Waals surface area (Å²) in [7, 11) is 0. The van der Waals surface area contributed by atoms with E-state index in [4.69, 9.17) is 4.74 Å². The Balaban J connectivity index is 2.15. The van der Waals surface area contributed by atoms with Crippen molar-refractivity contribution >= 4 is 5.97 Å². The van der Waals surface area contributed by atoms with E-state index in [0.29, 0.717) is 24.7 Å². The van der Waals surface area contributed by atoms with Crippen molar-refractivity contribution in [1.82, 2.24) is 4.90 Å². The van der Waals surface area contributed by atoms with Gasteiger partial charge in [0.15, 0.2) is 0 Å². The van der Waals surface area contributed by atoms with Crippen LogP contribution in [0.25, 0.3) is 0 Å². The molecule has 1 unspecified atom stereocenters. The zero-order valence-electron chi connectivity index (χ0n) is 8.91. The molecule has 0 radical (unpaired) electrons. The zero-order chi connectivity index (χ0) is 10.0. The van der Waals surface area contributed by atoms with Crippen LogP contribution in [0, 0.1) is 0 Å². The summed E-state index contributed by atoms with van der Waals surface area (Å²) in [4.78, 5) is 12.9. The molecule has 3 atom stereocenters. The highest BCUT2D eigenvalue weighted by atomic mass is 16.5. The number of carbonyl (C=O) groups is 1. The second-order valence-electron chi connectivity index (χ2n) is 3.98. The van der Waals surface area contributed by atoms with Gasteiger partial charge in [-0.2, -0.15) is 0 Å². The minimum atomic E-state index is -0.176. The fraction of sp³-hybridized carbons (Fsp3) is 0.900. The quantitative estimate of drug-likeness (QED) is 0.490. The van der Waals surface area contributed by atoms with E-state index < -0.39 is 0 Å². The summed E-state index contributed by atoms with van der Waals surface area (Å²) < 4.78 is 4.90. The Bertz CT molecular complexity index is 191. The third-order valence-electron chi connectivity index (χ3n) is 2.64. The van der Waals surface area contributed by atoms with Gasteiger partial charge in [-0.25, -0.2) is 0 Å². The lowest BCUT2D eigenvalue weighted by atomic mass is 10.3. The minimum Gasteiger partial charge on any atom is -0.466 e. The Hall–Kier alpha value is -0.570. The Kier molecular flexibility index (Phi) is 3.31. The van der Waals surface area contributed by atoms with Crippen molar-refractivity contribution in [2.45, 2.75) is 52.2 Å². The molecule has 0 bridgehead atoms. The standard InChI is InChI=1S/C10H19NO2/c1-7(2)11-8(3)10(11)5-6-13-9(4)12/h7-8,10H,5-6H2,1-4H3/t8-,10-,11?/m0/s1. The van der Waals surface area contributed by atoms with Crippen molar-refractivity contribution < 1.29 is 9.53 Å². The fourth-order valence-electron chi connectivity index (χ4n) is 2.00. The van der Waals surface area contributed by atoms with E-state index in [1.807, 2.05) is 0 Å². The van der Waals surface area contributed by atoms with Gasteiger partial charge in [0.1, 0.15) is 0 Å². The number of carbonyl (C=O) groups excluding carboxylic acids is 1. The van der Waals surface area contributed by atoms with Crippen molar-refractivity contribution in [1.29, 1.82) is 0 Å². The highest BCUT2D eigenvalue weighted by molar-refractivity contribution is 5.65. The predicted molar refractivity (Wildman–Crippen MR) is 51.5 cm³/mol. The van der Waals surface area contributed by atoms with Gasteiger partial charge in [-0.1, -0.05) is 0 Å². The molecule has 0 aromatic rings. The molecular weight excluding hydrogens is 166 g/mol. The predicted octanol–water partition coefficient (Wildman–Crippen LogP) is 1.42. The summed E-state index contributed by atoms with van der Waals surface area (Å²) in [6, 6.07) is 1.90. The van der Waals surface area contributed by atoms with Crippen molar-refractivity contribution in [3.8, 4) is 0 Å². The number of hydrogen-bond donors (Lipinski definition) is 0. The molecule has 1 saturated heterocycles. The second-order valence-corrected chi connectivity index (χ2v) is 3.98. The van der Waals surface area contributed by atoms with Gasteiger partial charge in [-0.3, -0.25) is 9.69 Å². The van der Waals surface area contributed by atoms with Gasteiger partial charge in [-0.05, 0) is 27.2 Å². The first kappa shape index (κ1) is 10.5. The molecule has 3 nitrogen and oxygen atoms in total. The Morgan fingerprint density at radius 2 is 2.15 bits per heavy atom. The van der Waals surface area contributed by atoms with Gasteiger partial charge in [0.05, 0.1) is 6.61 Å². The van der Waals surface area contributed by atoms with Crippen LogP contribution in [-0.2, 0) is 9.53 Å². The summed E-state index contributed by atoms with van der Waals surface area (Å²) in [6.07, 6.45) is 0.971. The first-order chi connectivity index (χ1) is 6.04. The van der Waals surface area contributed by atoms with Gasteiger partial charge in [0.25, 0.3) is 0 Å². The van der Waals surface area contributed by atoms with Crippen LogP contribution in [0.2, 0.25) is 0 Å². The van der Waals surface area contributed by atoms with Crippen LogP contribution in [0.15, 0.2) is 0 Å². The number of rotatable bonds is 4. The Morgan fingerprint density at radius 3 is 2.54 bits per heavy atom. The van der Waals surface area contributed by atoms with Gasteiger partial charge < -0.3 is 4.74 Å². The van der Waals surface area contributed by atoms with Crippen molar-refractivity contribution in [2.24, 2.45) is 0 Å². The van der Waals surface area contributed by atoms with Crippen LogP contribution >= 0.6 is 0 Å². The summed E-state index contributed by atoms with van der Waals surface area (Å²) in [5, 5.41) is 0. The van der Waals surface area contributed by atoms with Crippen LogP contribution in [0.1, 0.15) is 34.1 Å². The van der Waals surface area contributed by atoms with Crippen molar-refractivity contribution in [2.75, 3.05) is 6.61 Å². The van der Waals surface area contributed by atoms with E-state index in [9.17, 15) is 4.79 Å². The molecule has 1 aliphatic rings. The van der Waals surface area contributed by atoms with Gasteiger partial charge in [0.2, 0.25) is 0 Å². The molecule has 76 valence electrons. The molecular formula is C10H19NO2. The van der Waals surface area contributed by atoms with Crippen LogP contribution in [0.3, 0.4) is 0 Å². The highest BCUT2D eigenvalue weighted by Gasteiger charge is 2.44. The van der Waals surface area contributed by atoms with E-state index in [1.54, 1.807) is 0 Å². The smallest absolute Gasteiger partial charge is 0.302 e. The first-order valence-corrected chi connectivity index (χ1v) is 4.95. The van der Waals surface area contributed by atoms with E-state index in [1.165, 1.54) is 6.92 Å². The largest absolute Gasteiger partial charge is 0.466 e. The molecule has 13 heavy (non-hydrogen) atoms. The Morgan fingerprint density at radius 1 is 1.54 bits per heavy atom. The average Bonchev–Trinajstić information content (AvgIpc) is 2.60. The number of esters is 1. The van der Waals surface area contributed by atoms with Crippen LogP contribution in [-0.4, -0.2) is 35.6 Å². The van der Waals surface area contributed by atoms with Gasteiger partial charge in [0, 0.05) is 25.0 Å². The third kappa shape index (κ3) is 2.69. The normalized spacial score (nSPS) is 31.9. The van der Waals surface area contributed by atoms with E-state index in [-0.39, 0.29) is 5.97 Å². The van der Waals surface area contributed by atoms with E-state index >= 15 is 0 Å². The molecule has 0 N–H and O–H groups in total. The maximum Gasteiger partial charge on any atom is 0.302 e. The Labute approximate surface area is 80.1 Å². The molecule has 1 aliphatic heterocycles. The van der Waals surface area contributed by atoms with Crippen molar-refractivity contribution in [3.63, 3.8) is 0 Å². The highest BCUT2D eigenvalue weighted by Crippen LogP contribution is 2.32. The monoisotopic (exact) mass is 185 g/mol. The van der Waals surface area contributed by atoms with Crippen LogP contribution in [0.4, 0.5) is 0 Å². The maximum atomic E-state index is 10.5. The first-order valence-electron chi connectivity index (χ1n) is 4.95. The minimum absolute atomic E-state index is 0.176. The van der Waals surface area contributed by atoms with E-state index in [2.05, 4.69) is 25.7 Å². The molecule has 1 fully saturated rings. The number of ether oxygens (including phenoxy) is 1. The second kappa shape index (κ2) is 4.09. The van der Waals surface area contributed by atoms with Crippen LogP contribution < -0.4 is 0 Å². The topological polar surface area (TPSA) is 29.3 Å². The van der Waals surface area contributed by atoms with Gasteiger partial charge in [-0.15, -0.1) is 0 Å². The molecule has 0 aromatic heterocycles. The fourth-order valence-corrected chi connectivity index (χ4v) is 2.00. The van der Waals surface area contributed by atoms with Crippen LogP contribution in [0.5, 0.6) is 0 Å². The molecule has 0 saturated carbocycles. The lowest BCUT2D eigenvalue weighted by Gasteiger charge is -2.07. The lowest BCUT2D eigenvalue weighted by molar-refractivity contribution is -0.141. The molecule has 0 spiro atoms. The number of hydrogen-bond acceptors (Lipinski definition) is 3. The summed E-state index contributed by atoms with van der Waals surface area (Å²) in [5.74, 6) is -0.176. The molecule has 3 heteroatoms. The molecule has 0 aliphatic carbocycles. The summed E-state index contributed by atoms with van der Waals surface area (Å²) >= 11 is 0. The number of nitrogens with zero attached hydrogens (tertiary/aromatic N) is 1. The van der Waals surface area contributed by atoms with E-state index in [0.717, 1.165) is 6.42 Å². The zero-order valence-corrected chi connectivity index (χ0v) is 8.91. The average molecular weight is 185 g/mol. The third-order valence-corrected chi connectivity index (χ3v) is 2.64. The molecule has 0 aromatic carbocycles. The molecule has 1 heterocycles. The SMILES string of the molecule is CC(=O)OCC[C@H]1[C@H](C)N1C(C)C. The molecule has 1 rings (SSSR count).